The van der Waals surface area contributed by atoms with Gasteiger partial charge >= 0.3 is 0 Å². The van der Waals surface area contributed by atoms with E-state index in [1.807, 2.05) is 0 Å². The minimum absolute atomic E-state index is 0.877. The summed E-state index contributed by atoms with van der Waals surface area (Å²) in [7, 11) is 0. The Hall–Kier alpha value is 0. The van der Waals surface area contributed by atoms with E-state index in [1.165, 1.54) is 44.9 Å². The third-order valence-electron chi connectivity index (χ3n) is 3.49. The van der Waals surface area contributed by atoms with Crippen molar-refractivity contribution in [3.63, 3.8) is 0 Å². The van der Waals surface area contributed by atoms with Gasteiger partial charge in [0, 0.05) is 0 Å². The molecule has 1 atom stereocenters. The molecule has 0 saturated carbocycles. The van der Waals surface area contributed by atoms with E-state index in [2.05, 4.69) is 34.6 Å². The van der Waals surface area contributed by atoms with E-state index in [0.717, 1.165) is 17.8 Å². The summed E-state index contributed by atoms with van der Waals surface area (Å²) >= 11 is 0. The average molecular weight is 212 g/mol. The van der Waals surface area contributed by atoms with Gasteiger partial charge < -0.3 is 0 Å². The van der Waals surface area contributed by atoms with Crippen molar-refractivity contribution in [2.75, 3.05) is 0 Å². The van der Waals surface area contributed by atoms with Crippen molar-refractivity contribution in [1.29, 1.82) is 0 Å². The van der Waals surface area contributed by atoms with Crippen LogP contribution in [0.5, 0.6) is 0 Å². The fourth-order valence-electron chi connectivity index (χ4n) is 2.19. The Morgan fingerprint density at radius 1 is 0.733 bits per heavy atom. The van der Waals surface area contributed by atoms with Crippen LogP contribution in [0.25, 0.3) is 0 Å². The molecule has 0 heteroatoms. The molecule has 0 aromatic carbocycles. The lowest BCUT2D eigenvalue weighted by Gasteiger charge is -2.21. The molecule has 0 rings (SSSR count). The maximum absolute atomic E-state index is 2.39. The van der Waals surface area contributed by atoms with Gasteiger partial charge in [-0.15, -0.1) is 0 Å². The molecule has 0 aliphatic heterocycles. The fraction of sp³-hybridized carbons (Fsp3) is 1.00. The summed E-state index contributed by atoms with van der Waals surface area (Å²) in [5, 5.41) is 0. The van der Waals surface area contributed by atoms with Crippen LogP contribution < -0.4 is 0 Å². The smallest absolute Gasteiger partial charge is 0.0391 e. The van der Waals surface area contributed by atoms with E-state index in [-0.39, 0.29) is 0 Å². The van der Waals surface area contributed by atoms with Gasteiger partial charge in [-0.05, 0) is 24.2 Å². The van der Waals surface area contributed by atoms with Crippen molar-refractivity contribution in [3.05, 3.63) is 0 Å². The van der Waals surface area contributed by atoms with Crippen LogP contribution in [0.4, 0.5) is 0 Å². The van der Waals surface area contributed by atoms with Crippen LogP contribution in [-0.2, 0) is 0 Å². The maximum atomic E-state index is 2.39. The summed E-state index contributed by atoms with van der Waals surface area (Å²) in [6, 6.07) is 0. The Labute approximate surface area is 97.8 Å². The molecule has 0 fully saturated rings. The molecule has 0 aliphatic rings. The Balaban J connectivity index is 3.64. The molecule has 1 unspecified atom stereocenters. The fourth-order valence-corrected chi connectivity index (χ4v) is 2.19. The summed E-state index contributed by atoms with van der Waals surface area (Å²) in [4.78, 5) is 0. The van der Waals surface area contributed by atoms with Crippen molar-refractivity contribution in [2.45, 2.75) is 79.6 Å². The SMILES string of the molecule is CCCCCCC(CCC(C)C)C(C)C. The quantitative estimate of drug-likeness (QED) is 0.432. The first-order chi connectivity index (χ1) is 7.07. The molecular formula is C15H32. The highest BCUT2D eigenvalue weighted by Crippen LogP contribution is 2.25. The summed E-state index contributed by atoms with van der Waals surface area (Å²) in [5.41, 5.74) is 0. The molecule has 0 radical (unpaired) electrons. The number of rotatable bonds is 9. The van der Waals surface area contributed by atoms with Gasteiger partial charge in [0.15, 0.2) is 0 Å². The van der Waals surface area contributed by atoms with Crippen LogP contribution in [0.1, 0.15) is 79.6 Å². The van der Waals surface area contributed by atoms with Gasteiger partial charge in [-0.3, -0.25) is 0 Å². The van der Waals surface area contributed by atoms with Gasteiger partial charge in [0.25, 0.3) is 0 Å². The van der Waals surface area contributed by atoms with E-state index < -0.39 is 0 Å². The van der Waals surface area contributed by atoms with E-state index in [9.17, 15) is 0 Å². The second-order valence-corrected chi connectivity index (χ2v) is 5.82. The monoisotopic (exact) mass is 212 g/mol. The lowest BCUT2D eigenvalue weighted by molar-refractivity contribution is 0.302. The topological polar surface area (TPSA) is 0 Å². The second kappa shape index (κ2) is 9.24. The standard InChI is InChI=1S/C15H32/c1-6-7-8-9-10-15(14(4)5)12-11-13(2)3/h13-15H,6-12H2,1-5H3. The Morgan fingerprint density at radius 3 is 1.87 bits per heavy atom. The van der Waals surface area contributed by atoms with E-state index in [0.29, 0.717) is 0 Å². The van der Waals surface area contributed by atoms with Crippen molar-refractivity contribution in [1.82, 2.24) is 0 Å². The summed E-state index contributed by atoms with van der Waals surface area (Å²) in [6.07, 6.45) is 10.0. The van der Waals surface area contributed by atoms with Gasteiger partial charge in [0.05, 0.1) is 0 Å². The zero-order chi connectivity index (χ0) is 11.7. The van der Waals surface area contributed by atoms with Crippen LogP contribution in [0, 0.1) is 17.8 Å². The molecule has 0 nitrogen and oxygen atoms in total. The minimum Gasteiger partial charge on any atom is -0.0654 e. The third-order valence-corrected chi connectivity index (χ3v) is 3.49. The van der Waals surface area contributed by atoms with Gasteiger partial charge in [-0.2, -0.15) is 0 Å². The molecule has 0 bridgehead atoms. The maximum Gasteiger partial charge on any atom is -0.0391 e. The number of unbranched alkanes of at least 4 members (excludes halogenated alkanes) is 3. The normalized spacial score (nSPS) is 13.8. The number of hydrogen-bond donors (Lipinski definition) is 0. The van der Waals surface area contributed by atoms with Gasteiger partial charge in [0.2, 0.25) is 0 Å². The zero-order valence-corrected chi connectivity index (χ0v) is 11.7. The summed E-state index contributed by atoms with van der Waals surface area (Å²) in [5.74, 6) is 2.73. The van der Waals surface area contributed by atoms with Gasteiger partial charge in [-0.25, -0.2) is 0 Å². The molecule has 0 amide bonds. The molecule has 0 saturated heterocycles. The van der Waals surface area contributed by atoms with Gasteiger partial charge in [0.1, 0.15) is 0 Å². The highest BCUT2D eigenvalue weighted by Gasteiger charge is 2.13. The summed E-state index contributed by atoms with van der Waals surface area (Å²) in [6.45, 7) is 11.8. The molecule has 0 spiro atoms. The van der Waals surface area contributed by atoms with Crippen molar-refractivity contribution in [2.24, 2.45) is 17.8 Å². The van der Waals surface area contributed by atoms with E-state index in [4.69, 9.17) is 0 Å². The minimum atomic E-state index is 0.877. The Kier molecular flexibility index (Phi) is 9.24. The molecular weight excluding hydrogens is 180 g/mol. The lowest BCUT2D eigenvalue weighted by atomic mass is 9.85. The van der Waals surface area contributed by atoms with Crippen LogP contribution in [0.3, 0.4) is 0 Å². The molecule has 92 valence electrons. The van der Waals surface area contributed by atoms with E-state index in [1.54, 1.807) is 0 Å². The molecule has 15 heavy (non-hydrogen) atoms. The zero-order valence-electron chi connectivity index (χ0n) is 11.7. The first-order valence-corrected chi connectivity index (χ1v) is 7.07. The second-order valence-electron chi connectivity index (χ2n) is 5.82. The molecule has 0 heterocycles. The Morgan fingerprint density at radius 2 is 1.40 bits per heavy atom. The number of hydrogen-bond acceptors (Lipinski definition) is 0. The predicted octanol–water partition coefficient (Wildman–Crippen LogP) is 5.67. The first-order valence-electron chi connectivity index (χ1n) is 7.07. The van der Waals surface area contributed by atoms with E-state index >= 15 is 0 Å². The largest absolute Gasteiger partial charge is 0.0654 e. The van der Waals surface area contributed by atoms with Crippen molar-refractivity contribution in [3.8, 4) is 0 Å². The molecule has 0 aliphatic carbocycles. The van der Waals surface area contributed by atoms with Crippen LogP contribution in [-0.4, -0.2) is 0 Å². The first kappa shape index (κ1) is 15.0. The van der Waals surface area contributed by atoms with Crippen molar-refractivity contribution < 1.29 is 0 Å². The van der Waals surface area contributed by atoms with Gasteiger partial charge in [-0.1, -0.05) is 73.1 Å². The lowest BCUT2D eigenvalue weighted by Crippen LogP contribution is -2.10. The average Bonchev–Trinajstić information content (AvgIpc) is 2.15. The van der Waals surface area contributed by atoms with Crippen LogP contribution in [0.2, 0.25) is 0 Å². The van der Waals surface area contributed by atoms with Crippen LogP contribution in [0.15, 0.2) is 0 Å². The van der Waals surface area contributed by atoms with Crippen molar-refractivity contribution >= 4 is 0 Å². The summed E-state index contributed by atoms with van der Waals surface area (Å²) < 4.78 is 0. The molecule has 0 N–H and O–H groups in total. The highest BCUT2D eigenvalue weighted by atomic mass is 14.2. The third kappa shape index (κ3) is 8.96. The predicted molar refractivity (Wildman–Crippen MR) is 71.2 cm³/mol. The van der Waals surface area contributed by atoms with Crippen LogP contribution >= 0.6 is 0 Å². The Bertz CT molecular complexity index is 124. The molecule has 0 aromatic heterocycles. The molecule has 0 aromatic rings. The highest BCUT2D eigenvalue weighted by molar-refractivity contribution is 4.64.